The lowest BCUT2D eigenvalue weighted by molar-refractivity contribution is -0.144. The number of nitrogens with two attached hydrogens (primary N) is 1. The van der Waals surface area contributed by atoms with Gasteiger partial charge in [0.2, 0.25) is 0 Å². The highest BCUT2D eigenvalue weighted by molar-refractivity contribution is 7.98. The lowest BCUT2D eigenvalue weighted by Crippen LogP contribution is -2.34. The summed E-state index contributed by atoms with van der Waals surface area (Å²) in [5, 5.41) is 0. The maximum Gasteiger partial charge on any atom is 0.323 e. The van der Waals surface area contributed by atoms with Crippen LogP contribution < -0.4 is 5.73 Å². The zero-order valence-corrected chi connectivity index (χ0v) is 11.4. The molecule has 18 heavy (non-hydrogen) atoms. The lowest BCUT2D eigenvalue weighted by Gasteiger charge is -2.11. The van der Waals surface area contributed by atoms with Gasteiger partial charge in [-0.1, -0.05) is 6.07 Å². The number of hydrogen-bond donors (Lipinski definition) is 1. The molecule has 1 unspecified atom stereocenters. The van der Waals surface area contributed by atoms with Crippen LogP contribution >= 0.6 is 11.8 Å². The molecule has 3 nitrogen and oxygen atoms in total. The quantitative estimate of drug-likeness (QED) is 0.806. The lowest BCUT2D eigenvalue weighted by atomic mass is 10.1. The highest BCUT2D eigenvalue weighted by Crippen LogP contribution is 2.18. The second-order valence-corrected chi connectivity index (χ2v) is 4.97. The van der Waals surface area contributed by atoms with Crippen LogP contribution in [0.25, 0.3) is 0 Å². The molecule has 100 valence electrons. The average molecular weight is 271 g/mol. The Hall–Kier alpha value is -1.07. The minimum atomic E-state index is -0.621. The Morgan fingerprint density at radius 3 is 2.94 bits per heavy atom. The van der Waals surface area contributed by atoms with Crippen molar-refractivity contribution in [2.24, 2.45) is 5.73 Å². The summed E-state index contributed by atoms with van der Waals surface area (Å²) >= 11 is 1.50. The summed E-state index contributed by atoms with van der Waals surface area (Å²) in [4.78, 5) is 11.3. The normalized spacial score (nSPS) is 12.2. The molecule has 0 bridgehead atoms. The first-order valence-corrected chi connectivity index (χ1v) is 6.95. The number of benzene rings is 1. The van der Waals surface area contributed by atoms with Gasteiger partial charge in [0.25, 0.3) is 0 Å². The molecular formula is C13H18FNO2S. The van der Waals surface area contributed by atoms with Gasteiger partial charge in [-0.05, 0) is 37.1 Å². The number of carbonyl (C=O) groups is 1. The van der Waals surface area contributed by atoms with Crippen molar-refractivity contribution in [1.29, 1.82) is 0 Å². The molecule has 1 aromatic carbocycles. The number of thioether (sulfide) groups is 1. The molecule has 0 amide bonds. The first-order chi connectivity index (χ1) is 8.54. The molecule has 1 rings (SSSR count). The first-order valence-electron chi connectivity index (χ1n) is 5.79. The summed E-state index contributed by atoms with van der Waals surface area (Å²) in [6.45, 7) is 4.01. The fraction of sp³-hybridized carbons (Fsp3) is 0.462. The van der Waals surface area contributed by atoms with Crippen LogP contribution in [-0.2, 0) is 15.3 Å². The van der Waals surface area contributed by atoms with Crippen LogP contribution in [0.5, 0.6) is 0 Å². The summed E-state index contributed by atoms with van der Waals surface area (Å²) in [7, 11) is 0. The van der Waals surface area contributed by atoms with Gasteiger partial charge in [-0.15, -0.1) is 0 Å². The van der Waals surface area contributed by atoms with Crippen molar-refractivity contribution >= 4 is 17.7 Å². The highest BCUT2D eigenvalue weighted by atomic mass is 32.2. The monoisotopic (exact) mass is 271 g/mol. The molecule has 2 N–H and O–H groups in total. The van der Waals surface area contributed by atoms with E-state index < -0.39 is 6.04 Å². The second-order valence-electron chi connectivity index (χ2n) is 3.94. The zero-order chi connectivity index (χ0) is 13.5. The van der Waals surface area contributed by atoms with Crippen molar-refractivity contribution < 1.29 is 13.9 Å². The predicted molar refractivity (Wildman–Crippen MR) is 71.9 cm³/mol. The summed E-state index contributed by atoms with van der Waals surface area (Å²) in [6, 6.07) is 4.08. The Morgan fingerprint density at radius 2 is 2.28 bits per heavy atom. The summed E-state index contributed by atoms with van der Waals surface area (Å²) < 4.78 is 17.9. The van der Waals surface area contributed by atoms with E-state index in [2.05, 4.69) is 0 Å². The van der Waals surface area contributed by atoms with Gasteiger partial charge in [0.15, 0.2) is 0 Å². The van der Waals surface area contributed by atoms with Crippen molar-refractivity contribution in [3.8, 4) is 0 Å². The van der Waals surface area contributed by atoms with Crippen molar-refractivity contribution in [3.63, 3.8) is 0 Å². The molecule has 0 fully saturated rings. The Morgan fingerprint density at radius 1 is 1.56 bits per heavy atom. The third-order valence-corrected chi connectivity index (χ3v) is 3.57. The number of ether oxygens (including phenoxy) is 1. The summed E-state index contributed by atoms with van der Waals surface area (Å²) in [5.74, 6) is 0.470. The zero-order valence-electron chi connectivity index (χ0n) is 10.6. The first kappa shape index (κ1) is 15.0. The van der Waals surface area contributed by atoms with Crippen LogP contribution in [0.1, 0.15) is 18.1 Å². The van der Waals surface area contributed by atoms with Gasteiger partial charge in [0.1, 0.15) is 11.9 Å². The van der Waals surface area contributed by atoms with Gasteiger partial charge in [0.05, 0.1) is 6.61 Å². The van der Waals surface area contributed by atoms with E-state index in [0.29, 0.717) is 18.1 Å². The number of aryl methyl sites for hydroxylation is 1. The molecule has 1 aromatic rings. The van der Waals surface area contributed by atoms with Crippen LogP contribution in [0.4, 0.5) is 4.39 Å². The third kappa shape index (κ3) is 4.66. The topological polar surface area (TPSA) is 52.3 Å². The van der Waals surface area contributed by atoms with E-state index in [0.717, 1.165) is 11.1 Å². The van der Waals surface area contributed by atoms with E-state index in [9.17, 15) is 9.18 Å². The van der Waals surface area contributed by atoms with Crippen molar-refractivity contribution in [2.45, 2.75) is 25.6 Å². The molecule has 0 aliphatic heterocycles. The van der Waals surface area contributed by atoms with Crippen LogP contribution in [0.3, 0.4) is 0 Å². The average Bonchev–Trinajstić information content (AvgIpc) is 2.33. The molecule has 0 saturated carbocycles. The maximum atomic E-state index is 13.1. The number of carbonyl (C=O) groups excluding carboxylic acids is 1. The van der Waals surface area contributed by atoms with Crippen LogP contribution in [-0.4, -0.2) is 24.4 Å². The maximum absolute atomic E-state index is 13.1. The van der Waals surface area contributed by atoms with E-state index in [-0.39, 0.29) is 11.8 Å². The van der Waals surface area contributed by atoms with E-state index in [1.807, 2.05) is 6.92 Å². The van der Waals surface area contributed by atoms with Crippen LogP contribution in [0, 0.1) is 12.7 Å². The Balaban J connectivity index is 2.41. The number of halogens is 1. The molecule has 0 aliphatic carbocycles. The molecular weight excluding hydrogens is 253 g/mol. The second kappa shape index (κ2) is 7.38. The van der Waals surface area contributed by atoms with Crippen LogP contribution in [0.2, 0.25) is 0 Å². The van der Waals surface area contributed by atoms with Gasteiger partial charge in [-0.3, -0.25) is 4.79 Å². The van der Waals surface area contributed by atoms with Crippen LogP contribution in [0.15, 0.2) is 18.2 Å². The number of hydrogen-bond acceptors (Lipinski definition) is 4. The minimum absolute atomic E-state index is 0.245. The van der Waals surface area contributed by atoms with Gasteiger partial charge >= 0.3 is 5.97 Å². The minimum Gasteiger partial charge on any atom is -0.465 e. The molecule has 0 radical (unpaired) electrons. The Labute approximate surface area is 111 Å². The fourth-order valence-corrected chi connectivity index (χ4v) is 2.45. The standard InChI is InChI=1S/C13H18FNO2S/c1-3-17-13(16)12(15)8-18-7-10-6-11(14)5-4-9(10)2/h4-6,12H,3,7-8,15H2,1-2H3. The van der Waals surface area contributed by atoms with Gasteiger partial charge in [0, 0.05) is 11.5 Å². The van der Waals surface area contributed by atoms with E-state index >= 15 is 0 Å². The highest BCUT2D eigenvalue weighted by Gasteiger charge is 2.14. The van der Waals surface area contributed by atoms with Gasteiger partial charge < -0.3 is 10.5 Å². The number of rotatable bonds is 6. The van der Waals surface area contributed by atoms with E-state index in [4.69, 9.17) is 10.5 Å². The van der Waals surface area contributed by atoms with Gasteiger partial charge in [-0.25, -0.2) is 4.39 Å². The summed E-state index contributed by atoms with van der Waals surface area (Å²) in [5.41, 5.74) is 7.63. The molecule has 0 heterocycles. The van der Waals surface area contributed by atoms with Gasteiger partial charge in [-0.2, -0.15) is 11.8 Å². The molecule has 0 aliphatic rings. The molecule has 5 heteroatoms. The summed E-state index contributed by atoms with van der Waals surface area (Å²) in [6.07, 6.45) is 0. The molecule has 0 saturated heterocycles. The van der Waals surface area contributed by atoms with Crippen molar-refractivity contribution in [3.05, 3.63) is 35.1 Å². The fourth-order valence-electron chi connectivity index (χ4n) is 1.41. The molecule has 0 spiro atoms. The SMILES string of the molecule is CCOC(=O)C(N)CSCc1cc(F)ccc1C. The largest absolute Gasteiger partial charge is 0.465 e. The Kier molecular flexibility index (Phi) is 6.15. The van der Waals surface area contributed by atoms with Crippen molar-refractivity contribution in [1.82, 2.24) is 0 Å². The Bertz CT molecular complexity index is 412. The number of esters is 1. The molecule has 0 aromatic heterocycles. The van der Waals surface area contributed by atoms with E-state index in [1.165, 1.54) is 23.9 Å². The predicted octanol–water partition coefficient (Wildman–Crippen LogP) is 2.26. The van der Waals surface area contributed by atoms with E-state index in [1.54, 1.807) is 13.0 Å². The smallest absolute Gasteiger partial charge is 0.323 e. The molecule has 1 atom stereocenters. The third-order valence-electron chi connectivity index (χ3n) is 2.46. The van der Waals surface area contributed by atoms with Crippen molar-refractivity contribution in [2.75, 3.05) is 12.4 Å².